The molecular weight excluding hydrogens is 221 g/mol. The molecule has 0 aliphatic rings. The molecule has 1 unspecified atom stereocenters. The number of benzene rings is 1. The largest absolute Gasteiger partial charge is 0.338 e. The van der Waals surface area contributed by atoms with Crippen molar-refractivity contribution in [2.45, 2.75) is 26.4 Å². The first kappa shape index (κ1) is 11.7. The third-order valence-corrected chi connectivity index (χ3v) is 2.50. The minimum Gasteiger partial charge on any atom is -0.338 e. The van der Waals surface area contributed by atoms with Crippen molar-refractivity contribution in [2.75, 3.05) is 0 Å². The maximum atomic E-state index is 12.7. The van der Waals surface area contributed by atoms with Crippen LogP contribution in [0.2, 0.25) is 0 Å². The van der Waals surface area contributed by atoms with E-state index < -0.39 is 0 Å². The molecule has 2 aromatic rings. The van der Waals surface area contributed by atoms with Crippen LogP contribution in [0.3, 0.4) is 0 Å². The van der Waals surface area contributed by atoms with E-state index in [0.717, 1.165) is 5.56 Å². The van der Waals surface area contributed by atoms with Gasteiger partial charge in [0.25, 0.3) is 0 Å². The average molecular weight is 235 g/mol. The number of nitrogens with one attached hydrogen (secondary N) is 1. The van der Waals surface area contributed by atoms with Crippen molar-refractivity contribution in [3.8, 4) is 0 Å². The Kier molecular flexibility index (Phi) is 3.49. The summed E-state index contributed by atoms with van der Waals surface area (Å²) >= 11 is 0. The van der Waals surface area contributed by atoms with Gasteiger partial charge < -0.3 is 9.84 Å². The molecule has 0 saturated heterocycles. The smallest absolute Gasteiger partial charge is 0.240 e. The first-order valence-electron chi connectivity index (χ1n) is 5.43. The van der Waals surface area contributed by atoms with Gasteiger partial charge in [0.1, 0.15) is 5.82 Å². The highest BCUT2D eigenvalue weighted by atomic mass is 19.1. The van der Waals surface area contributed by atoms with Crippen LogP contribution < -0.4 is 5.32 Å². The van der Waals surface area contributed by atoms with E-state index >= 15 is 0 Å². The van der Waals surface area contributed by atoms with E-state index in [-0.39, 0.29) is 11.9 Å². The Bertz CT molecular complexity index is 481. The molecule has 90 valence electrons. The van der Waals surface area contributed by atoms with Crippen molar-refractivity contribution in [1.82, 2.24) is 15.5 Å². The molecule has 0 aliphatic carbocycles. The van der Waals surface area contributed by atoms with Crippen LogP contribution in [0.1, 0.15) is 30.2 Å². The van der Waals surface area contributed by atoms with Crippen molar-refractivity contribution in [3.63, 3.8) is 0 Å². The lowest BCUT2D eigenvalue weighted by Crippen LogP contribution is -2.18. The Hall–Kier alpha value is -1.75. The van der Waals surface area contributed by atoms with E-state index in [2.05, 4.69) is 15.5 Å². The molecule has 1 N–H and O–H groups in total. The standard InChI is InChI=1S/C12H14FN3O/c1-8(10-3-5-11(13)6-4-10)14-7-12-15-9(2)16-17-12/h3-6,8,14H,7H2,1-2H3. The first-order chi connectivity index (χ1) is 8.15. The topological polar surface area (TPSA) is 51.0 Å². The normalized spacial score (nSPS) is 12.6. The van der Waals surface area contributed by atoms with Gasteiger partial charge in [-0.2, -0.15) is 4.98 Å². The Balaban J connectivity index is 1.93. The summed E-state index contributed by atoms with van der Waals surface area (Å²) in [7, 11) is 0. The fourth-order valence-corrected chi connectivity index (χ4v) is 1.52. The van der Waals surface area contributed by atoms with Crippen molar-refractivity contribution in [1.29, 1.82) is 0 Å². The molecule has 1 aromatic heterocycles. The SMILES string of the molecule is Cc1noc(CNC(C)c2ccc(F)cc2)n1. The molecule has 1 heterocycles. The van der Waals surface area contributed by atoms with E-state index in [4.69, 9.17) is 4.52 Å². The molecule has 0 fully saturated rings. The van der Waals surface area contributed by atoms with Crippen LogP contribution in [0.5, 0.6) is 0 Å². The van der Waals surface area contributed by atoms with E-state index in [1.54, 1.807) is 19.1 Å². The van der Waals surface area contributed by atoms with Crippen LogP contribution in [-0.4, -0.2) is 10.1 Å². The highest BCUT2D eigenvalue weighted by molar-refractivity contribution is 5.19. The van der Waals surface area contributed by atoms with Gasteiger partial charge >= 0.3 is 0 Å². The molecule has 0 amide bonds. The summed E-state index contributed by atoms with van der Waals surface area (Å²) in [5.74, 6) is 0.946. The summed E-state index contributed by atoms with van der Waals surface area (Å²) in [5, 5.41) is 6.93. The van der Waals surface area contributed by atoms with Crippen molar-refractivity contribution >= 4 is 0 Å². The van der Waals surface area contributed by atoms with Crippen LogP contribution in [0.15, 0.2) is 28.8 Å². The lowest BCUT2D eigenvalue weighted by atomic mass is 10.1. The maximum Gasteiger partial charge on any atom is 0.240 e. The summed E-state index contributed by atoms with van der Waals surface area (Å²) < 4.78 is 17.7. The fourth-order valence-electron chi connectivity index (χ4n) is 1.52. The van der Waals surface area contributed by atoms with Gasteiger partial charge in [-0.15, -0.1) is 0 Å². The van der Waals surface area contributed by atoms with Crippen molar-refractivity contribution in [2.24, 2.45) is 0 Å². The minimum absolute atomic E-state index is 0.0998. The van der Waals surface area contributed by atoms with Gasteiger partial charge in [-0.1, -0.05) is 17.3 Å². The first-order valence-corrected chi connectivity index (χ1v) is 5.43. The number of halogens is 1. The predicted molar refractivity (Wildman–Crippen MR) is 60.7 cm³/mol. The van der Waals surface area contributed by atoms with Gasteiger partial charge in [0.2, 0.25) is 5.89 Å². The van der Waals surface area contributed by atoms with Gasteiger partial charge in [-0.05, 0) is 31.5 Å². The number of nitrogens with zero attached hydrogens (tertiary/aromatic N) is 2. The fraction of sp³-hybridized carbons (Fsp3) is 0.333. The van der Waals surface area contributed by atoms with Crippen LogP contribution in [0.4, 0.5) is 4.39 Å². The number of aromatic nitrogens is 2. The third kappa shape index (κ3) is 3.10. The number of rotatable bonds is 4. The monoisotopic (exact) mass is 235 g/mol. The Labute approximate surface area is 98.8 Å². The second-order valence-electron chi connectivity index (χ2n) is 3.89. The van der Waals surface area contributed by atoms with Crippen LogP contribution in [-0.2, 0) is 6.54 Å². The molecular formula is C12H14FN3O. The predicted octanol–water partition coefficient (Wildman–Crippen LogP) is 2.37. The van der Waals surface area contributed by atoms with E-state index in [0.29, 0.717) is 18.3 Å². The average Bonchev–Trinajstić information content (AvgIpc) is 2.73. The molecule has 17 heavy (non-hydrogen) atoms. The zero-order valence-electron chi connectivity index (χ0n) is 9.77. The molecule has 0 spiro atoms. The summed E-state index contributed by atoms with van der Waals surface area (Å²) in [5.41, 5.74) is 1.02. The highest BCUT2D eigenvalue weighted by Gasteiger charge is 2.07. The summed E-state index contributed by atoms with van der Waals surface area (Å²) in [6.45, 7) is 4.27. The summed E-state index contributed by atoms with van der Waals surface area (Å²) in [6, 6.07) is 6.51. The van der Waals surface area contributed by atoms with Gasteiger partial charge in [0, 0.05) is 6.04 Å². The third-order valence-electron chi connectivity index (χ3n) is 2.50. The molecule has 1 atom stereocenters. The minimum atomic E-state index is -0.228. The Morgan fingerprint density at radius 3 is 2.65 bits per heavy atom. The second-order valence-corrected chi connectivity index (χ2v) is 3.89. The van der Waals surface area contributed by atoms with E-state index in [1.807, 2.05) is 6.92 Å². The lowest BCUT2D eigenvalue weighted by molar-refractivity contribution is 0.357. The molecule has 1 aromatic carbocycles. The molecule has 5 heteroatoms. The summed E-state index contributed by atoms with van der Waals surface area (Å²) in [6.07, 6.45) is 0. The number of hydrogen-bond donors (Lipinski definition) is 1. The molecule has 0 aliphatic heterocycles. The maximum absolute atomic E-state index is 12.7. The molecule has 2 rings (SSSR count). The van der Waals surface area contributed by atoms with E-state index in [9.17, 15) is 4.39 Å². The second kappa shape index (κ2) is 5.05. The molecule has 0 saturated carbocycles. The zero-order valence-corrected chi connectivity index (χ0v) is 9.77. The lowest BCUT2D eigenvalue weighted by Gasteiger charge is -2.12. The van der Waals surface area contributed by atoms with Gasteiger partial charge in [0.15, 0.2) is 5.82 Å². The van der Waals surface area contributed by atoms with Crippen LogP contribution in [0, 0.1) is 12.7 Å². The number of hydrogen-bond acceptors (Lipinski definition) is 4. The Morgan fingerprint density at radius 1 is 1.35 bits per heavy atom. The summed E-state index contributed by atoms with van der Waals surface area (Å²) in [4.78, 5) is 4.09. The van der Waals surface area contributed by atoms with E-state index in [1.165, 1.54) is 12.1 Å². The van der Waals surface area contributed by atoms with Gasteiger partial charge in [-0.3, -0.25) is 0 Å². The van der Waals surface area contributed by atoms with Crippen LogP contribution >= 0.6 is 0 Å². The molecule has 0 bridgehead atoms. The van der Waals surface area contributed by atoms with Crippen molar-refractivity contribution in [3.05, 3.63) is 47.4 Å². The highest BCUT2D eigenvalue weighted by Crippen LogP contribution is 2.13. The Morgan fingerprint density at radius 2 is 2.06 bits per heavy atom. The molecule has 0 radical (unpaired) electrons. The van der Waals surface area contributed by atoms with Crippen LogP contribution in [0.25, 0.3) is 0 Å². The van der Waals surface area contributed by atoms with Crippen molar-refractivity contribution < 1.29 is 8.91 Å². The number of aryl methyl sites for hydroxylation is 1. The van der Waals surface area contributed by atoms with Gasteiger partial charge in [0.05, 0.1) is 6.54 Å². The molecule has 4 nitrogen and oxygen atoms in total. The zero-order chi connectivity index (χ0) is 12.3. The quantitative estimate of drug-likeness (QED) is 0.883. The van der Waals surface area contributed by atoms with Gasteiger partial charge in [-0.25, -0.2) is 4.39 Å².